The summed E-state index contributed by atoms with van der Waals surface area (Å²) in [5, 5.41) is 7.36. The number of aryl methyl sites for hydroxylation is 2. The summed E-state index contributed by atoms with van der Waals surface area (Å²) in [5.41, 5.74) is 1.69. The molecule has 3 aromatic rings. The Bertz CT molecular complexity index is 990. The van der Waals surface area contributed by atoms with E-state index in [2.05, 4.69) is 31.1 Å². The fourth-order valence-electron chi connectivity index (χ4n) is 2.53. The number of aromatic nitrogens is 2. The van der Waals surface area contributed by atoms with Crippen molar-refractivity contribution in [2.75, 3.05) is 0 Å². The Morgan fingerprint density at radius 3 is 2.85 bits per heavy atom. The van der Waals surface area contributed by atoms with Gasteiger partial charge in [-0.2, -0.15) is 13.9 Å². The third-order valence-electron chi connectivity index (χ3n) is 3.67. The van der Waals surface area contributed by atoms with Crippen molar-refractivity contribution >= 4 is 54.9 Å². The van der Waals surface area contributed by atoms with Crippen molar-refractivity contribution < 1.29 is 18.3 Å². The minimum Gasteiger partial charge on any atom is -0.434 e. The normalized spacial score (nSPS) is 11.3. The molecule has 0 aliphatic rings. The number of alkyl halides is 2. The lowest BCUT2D eigenvalue weighted by molar-refractivity contribution is -0.0487. The van der Waals surface area contributed by atoms with Crippen LogP contribution in [-0.4, -0.2) is 22.3 Å². The monoisotopic (exact) mass is 463 g/mol. The van der Waals surface area contributed by atoms with E-state index in [1.807, 2.05) is 13.1 Å². The van der Waals surface area contributed by atoms with Gasteiger partial charge in [-0.05, 0) is 35.0 Å². The number of hydrogen-bond donors (Lipinski definition) is 1. The number of nitrogens with one attached hydrogen (secondary N) is 1. The molecule has 0 unspecified atom stereocenters. The molecule has 3 rings (SSSR count). The molecule has 1 amide bonds. The van der Waals surface area contributed by atoms with E-state index in [9.17, 15) is 13.6 Å². The Kier molecular flexibility index (Phi) is 5.50. The molecular weight excluding hydrogens is 452 g/mol. The molecule has 2 aromatic heterocycles. The summed E-state index contributed by atoms with van der Waals surface area (Å²) in [5.74, 6) is -0.462. The van der Waals surface area contributed by atoms with E-state index in [0.29, 0.717) is 9.17 Å². The van der Waals surface area contributed by atoms with Gasteiger partial charge in [0.15, 0.2) is 0 Å². The Labute approximate surface area is 165 Å². The molecule has 0 spiro atoms. The zero-order valence-corrected chi connectivity index (χ0v) is 16.8. The Morgan fingerprint density at radius 1 is 1.50 bits per heavy atom. The van der Waals surface area contributed by atoms with Gasteiger partial charge in [-0.1, -0.05) is 11.6 Å². The van der Waals surface area contributed by atoms with Crippen LogP contribution in [0.25, 0.3) is 10.1 Å². The number of carbonyl (C=O) groups excluding carboxylic acids is 1. The van der Waals surface area contributed by atoms with Crippen LogP contribution in [0.3, 0.4) is 0 Å². The van der Waals surface area contributed by atoms with Gasteiger partial charge in [0, 0.05) is 29.8 Å². The summed E-state index contributed by atoms with van der Waals surface area (Å²) in [7, 11) is 1.79. The van der Waals surface area contributed by atoms with Crippen molar-refractivity contribution in [2.45, 2.75) is 20.1 Å². The fourth-order valence-corrected chi connectivity index (χ4v) is 4.57. The van der Waals surface area contributed by atoms with Gasteiger partial charge < -0.3 is 10.1 Å². The van der Waals surface area contributed by atoms with Gasteiger partial charge in [0.1, 0.15) is 10.6 Å². The lowest BCUT2D eigenvalue weighted by atomic mass is 10.2. The van der Waals surface area contributed by atoms with Crippen molar-refractivity contribution in [1.82, 2.24) is 15.1 Å². The van der Waals surface area contributed by atoms with Crippen molar-refractivity contribution in [2.24, 2.45) is 7.05 Å². The van der Waals surface area contributed by atoms with E-state index >= 15 is 0 Å². The van der Waals surface area contributed by atoms with Crippen LogP contribution in [0.1, 0.15) is 20.9 Å². The molecule has 0 saturated carbocycles. The molecule has 0 bridgehead atoms. The van der Waals surface area contributed by atoms with Gasteiger partial charge in [-0.15, -0.1) is 11.3 Å². The maximum atomic E-state index is 12.6. The number of hydrogen-bond acceptors (Lipinski definition) is 4. The molecule has 26 heavy (non-hydrogen) atoms. The minimum atomic E-state index is -2.99. The van der Waals surface area contributed by atoms with Crippen molar-refractivity contribution in [3.05, 3.63) is 44.0 Å². The number of thiophene rings is 1. The molecule has 0 aliphatic heterocycles. The van der Waals surface area contributed by atoms with Crippen molar-refractivity contribution in [1.29, 1.82) is 0 Å². The second-order valence-corrected chi connectivity index (χ2v) is 7.72. The number of carbonyl (C=O) groups is 1. The molecule has 138 valence electrons. The van der Waals surface area contributed by atoms with E-state index in [0.717, 1.165) is 22.6 Å². The average Bonchev–Trinajstić information content (AvgIpc) is 3.08. The summed E-state index contributed by atoms with van der Waals surface area (Å²) in [6.45, 7) is -0.856. The first-order valence-corrected chi connectivity index (χ1v) is 9.39. The Hall–Kier alpha value is -1.71. The van der Waals surface area contributed by atoms with Crippen molar-refractivity contribution in [3.8, 4) is 5.75 Å². The number of rotatable bonds is 5. The number of amides is 1. The van der Waals surface area contributed by atoms with Crippen LogP contribution in [0, 0.1) is 6.92 Å². The van der Waals surface area contributed by atoms with Crippen LogP contribution >= 0.6 is 38.9 Å². The van der Waals surface area contributed by atoms with E-state index in [-0.39, 0.29) is 27.6 Å². The first-order valence-electron chi connectivity index (χ1n) is 7.40. The lowest BCUT2D eigenvalue weighted by Gasteiger charge is -2.07. The fraction of sp³-hybridized carbons (Fsp3) is 0.250. The summed E-state index contributed by atoms with van der Waals surface area (Å²) in [4.78, 5) is 12.8. The molecule has 2 heterocycles. The summed E-state index contributed by atoms with van der Waals surface area (Å²) < 4.78 is 32.7. The highest BCUT2D eigenvalue weighted by Crippen LogP contribution is 2.44. The van der Waals surface area contributed by atoms with E-state index in [1.165, 1.54) is 6.07 Å². The number of ether oxygens (including phenoxy) is 1. The zero-order valence-electron chi connectivity index (χ0n) is 13.6. The molecule has 1 N–H and O–H groups in total. The lowest BCUT2D eigenvalue weighted by Crippen LogP contribution is -2.22. The van der Waals surface area contributed by atoms with Gasteiger partial charge in [0.25, 0.3) is 5.91 Å². The van der Waals surface area contributed by atoms with Crippen molar-refractivity contribution in [3.63, 3.8) is 0 Å². The highest BCUT2D eigenvalue weighted by molar-refractivity contribution is 9.10. The summed E-state index contributed by atoms with van der Waals surface area (Å²) in [6, 6.07) is 2.96. The van der Waals surface area contributed by atoms with E-state index in [1.54, 1.807) is 17.8 Å². The van der Waals surface area contributed by atoms with Crippen LogP contribution in [-0.2, 0) is 13.6 Å². The van der Waals surface area contributed by atoms with Crippen LogP contribution in [0.15, 0.2) is 22.8 Å². The van der Waals surface area contributed by atoms with Gasteiger partial charge in [0.2, 0.25) is 0 Å². The van der Waals surface area contributed by atoms with Gasteiger partial charge in [-0.25, -0.2) is 0 Å². The van der Waals surface area contributed by atoms with E-state index in [4.69, 9.17) is 11.6 Å². The largest absolute Gasteiger partial charge is 0.434 e. The SMILES string of the molecule is Cc1nn(C)cc1CNC(=O)c1sc2c(Br)ccc(OC(F)F)c2c1Cl. The Morgan fingerprint density at radius 2 is 2.23 bits per heavy atom. The molecule has 10 heteroatoms. The van der Waals surface area contributed by atoms with Crippen LogP contribution in [0.5, 0.6) is 5.75 Å². The van der Waals surface area contributed by atoms with E-state index < -0.39 is 12.5 Å². The quantitative estimate of drug-likeness (QED) is 0.585. The maximum Gasteiger partial charge on any atom is 0.387 e. The second-order valence-electron chi connectivity index (χ2n) is 5.47. The van der Waals surface area contributed by atoms with Gasteiger partial charge in [0.05, 0.1) is 20.8 Å². The predicted molar refractivity (Wildman–Crippen MR) is 100 cm³/mol. The number of fused-ring (bicyclic) bond motifs is 1. The molecule has 0 radical (unpaired) electrons. The molecule has 5 nitrogen and oxygen atoms in total. The van der Waals surface area contributed by atoms with Crippen LogP contribution in [0.2, 0.25) is 5.02 Å². The smallest absolute Gasteiger partial charge is 0.387 e. The first kappa shape index (κ1) is 19.1. The molecule has 0 fully saturated rings. The predicted octanol–water partition coefficient (Wildman–Crippen LogP) is 4.89. The van der Waals surface area contributed by atoms with Crippen LogP contribution in [0.4, 0.5) is 8.78 Å². The van der Waals surface area contributed by atoms with Gasteiger partial charge in [-0.3, -0.25) is 9.48 Å². The highest BCUT2D eigenvalue weighted by atomic mass is 79.9. The number of halogens is 4. The number of benzene rings is 1. The molecule has 0 atom stereocenters. The highest BCUT2D eigenvalue weighted by Gasteiger charge is 2.23. The standard InChI is InChI=1S/C16H13BrClF2N3O2S/c1-7-8(6-23(2)22-7)5-21-15(24)14-12(18)11-10(25-16(19)20)4-3-9(17)13(11)26-14/h3-4,6,16H,5H2,1-2H3,(H,21,24). The second kappa shape index (κ2) is 7.50. The summed E-state index contributed by atoms with van der Waals surface area (Å²) in [6.07, 6.45) is 1.81. The Balaban J connectivity index is 1.92. The molecular formula is C16H13BrClF2N3O2S. The molecule has 0 saturated heterocycles. The van der Waals surface area contributed by atoms with Gasteiger partial charge >= 0.3 is 6.61 Å². The van der Waals surface area contributed by atoms with Crippen LogP contribution < -0.4 is 10.1 Å². The zero-order chi connectivity index (χ0) is 19.0. The minimum absolute atomic E-state index is 0.0680. The maximum absolute atomic E-state index is 12.6. The average molecular weight is 465 g/mol. The first-order chi connectivity index (χ1) is 12.3. The third-order valence-corrected chi connectivity index (χ3v) is 6.31. The number of nitrogens with zero attached hydrogens (tertiary/aromatic N) is 2. The summed E-state index contributed by atoms with van der Waals surface area (Å²) >= 11 is 10.8. The topological polar surface area (TPSA) is 56.2 Å². The molecule has 0 aliphatic carbocycles. The third kappa shape index (κ3) is 3.70. The molecule has 1 aromatic carbocycles.